The highest BCUT2D eigenvalue weighted by molar-refractivity contribution is 5.71. The molecule has 0 aliphatic carbocycles. The molecule has 0 aromatic rings. The van der Waals surface area contributed by atoms with Crippen LogP contribution in [0, 0.1) is 0 Å². The van der Waals surface area contributed by atoms with Gasteiger partial charge in [-0.2, -0.15) is 0 Å². The molecule has 1 atom stereocenters. The quantitative estimate of drug-likeness (QED) is 0.0262. The van der Waals surface area contributed by atoms with Crippen LogP contribution in [-0.2, 0) is 28.6 Å². The van der Waals surface area contributed by atoms with E-state index in [9.17, 15) is 14.4 Å². The maximum Gasteiger partial charge on any atom is 0.306 e. The molecule has 67 heavy (non-hydrogen) atoms. The number of unbranched alkanes of at least 4 members (excludes halogenated alkanes) is 28. The van der Waals surface area contributed by atoms with Gasteiger partial charge in [0.15, 0.2) is 6.10 Å². The minimum Gasteiger partial charge on any atom is -0.462 e. The Bertz CT molecular complexity index is 1260. The summed E-state index contributed by atoms with van der Waals surface area (Å²) in [6.45, 7) is 6.49. The molecule has 0 radical (unpaired) electrons. The number of carbonyl (C=O) groups is 3. The third kappa shape index (κ3) is 53.7. The molecule has 0 aliphatic heterocycles. The fraction of sp³-hybridized carbons (Fsp3) is 0.754. The van der Waals surface area contributed by atoms with Crippen molar-refractivity contribution in [2.45, 2.75) is 284 Å². The van der Waals surface area contributed by atoms with E-state index in [1.807, 2.05) is 0 Å². The first-order valence-electron chi connectivity index (χ1n) is 28.4. The predicted octanol–water partition coefficient (Wildman–Crippen LogP) is 19.0. The van der Waals surface area contributed by atoms with Crippen LogP contribution in [0.1, 0.15) is 278 Å². The zero-order valence-electron chi connectivity index (χ0n) is 44.2. The van der Waals surface area contributed by atoms with Crippen molar-refractivity contribution in [1.29, 1.82) is 0 Å². The van der Waals surface area contributed by atoms with Crippen LogP contribution in [0.3, 0.4) is 0 Å². The van der Waals surface area contributed by atoms with Crippen LogP contribution in [0.5, 0.6) is 0 Å². The maximum absolute atomic E-state index is 12.8. The second kappa shape index (κ2) is 55.4. The molecule has 0 fully saturated rings. The lowest BCUT2D eigenvalue weighted by molar-refractivity contribution is -0.167. The number of ether oxygens (including phenoxy) is 3. The molecule has 6 heteroatoms. The summed E-state index contributed by atoms with van der Waals surface area (Å²) in [6, 6.07) is 0. The van der Waals surface area contributed by atoms with Crippen LogP contribution in [0.4, 0.5) is 0 Å². The van der Waals surface area contributed by atoms with Gasteiger partial charge in [0.05, 0.1) is 0 Å². The standard InChI is InChI=1S/C61H106O6/c1-4-7-10-13-16-19-22-25-28-30-33-36-39-42-45-48-51-54-60(63)66-57-58(56-65-59(62)53-50-47-44-41-38-35-32-27-24-21-18-15-12-9-6-3)67-61(64)55-52-49-46-43-40-37-34-31-29-26-23-20-17-14-11-8-5-2/h9,12,18,21,25,27-28,32-33,36,42,45,58H,4-8,10-11,13-17,19-20,22-24,26,29-31,34-35,37-41,43-44,46-57H2,1-3H3/b12-9-,21-18-,28-25-,32-27-,36-33-,45-42-/t58-/m1/s1. The third-order valence-electron chi connectivity index (χ3n) is 12.2. The van der Waals surface area contributed by atoms with Crippen molar-refractivity contribution >= 4 is 17.9 Å². The zero-order chi connectivity index (χ0) is 48.6. The Hall–Kier alpha value is -3.15. The number of hydrogen-bond donors (Lipinski definition) is 0. The summed E-state index contributed by atoms with van der Waals surface area (Å²) in [5.74, 6) is -0.958. The Kier molecular flexibility index (Phi) is 52.8. The van der Waals surface area contributed by atoms with Gasteiger partial charge in [0, 0.05) is 19.3 Å². The highest BCUT2D eigenvalue weighted by atomic mass is 16.6. The van der Waals surface area contributed by atoms with Crippen molar-refractivity contribution in [2.75, 3.05) is 13.2 Å². The van der Waals surface area contributed by atoms with Crippen LogP contribution >= 0.6 is 0 Å². The number of allylic oxidation sites excluding steroid dienone is 12. The number of carbonyl (C=O) groups excluding carboxylic acids is 3. The van der Waals surface area contributed by atoms with Gasteiger partial charge >= 0.3 is 17.9 Å². The monoisotopic (exact) mass is 935 g/mol. The summed E-state index contributed by atoms with van der Waals surface area (Å²) in [4.78, 5) is 38.1. The zero-order valence-corrected chi connectivity index (χ0v) is 44.2. The van der Waals surface area contributed by atoms with E-state index in [0.29, 0.717) is 19.3 Å². The minimum atomic E-state index is -0.801. The molecular weight excluding hydrogens is 829 g/mol. The molecule has 0 bridgehead atoms. The summed E-state index contributed by atoms with van der Waals surface area (Å²) in [5, 5.41) is 0. The van der Waals surface area contributed by atoms with E-state index in [-0.39, 0.29) is 37.5 Å². The van der Waals surface area contributed by atoms with Crippen LogP contribution in [0.25, 0.3) is 0 Å². The maximum atomic E-state index is 12.8. The lowest BCUT2D eigenvalue weighted by atomic mass is 10.0. The number of esters is 3. The van der Waals surface area contributed by atoms with E-state index in [2.05, 4.69) is 93.7 Å². The van der Waals surface area contributed by atoms with Gasteiger partial charge in [0.2, 0.25) is 0 Å². The summed E-state index contributed by atoms with van der Waals surface area (Å²) in [7, 11) is 0. The summed E-state index contributed by atoms with van der Waals surface area (Å²) in [5.41, 5.74) is 0. The van der Waals surface area contributed by atoms with Gasteiger partial charge in [-0.1, -0.05) is 248 Å². The SMILES string of the molecule is CC/C=C\C/C=C\C/C=C\CCCCCCCC(=O)OC[C@H](COC(=O)CCC/C=C\C/C=C\C/C=C\CCCCCCCC)OC(=O)CCCCCCCCCCCCCCCCCCC. The Morgan fingerprint density at radius 2 is 0.597 bits per heavy atom. The Morgan fingerprint density at radius 1 is 0.313 bits per heavy atom. The highest BCUT2D eigenvalue weighted by Gasteiger charge is 2.19. The predicted molar refractivity (Wildman–Crippen MR) is 288 cm³/mol. The molecule has 0 unspecified atom stereocenters. The Labute approximate surface area is 414 Å². The van der Waals surface area contributed by atoms with Crippen LogP contribution < -0.4 is 0 Å². The van der Waals surface area contributed by atoms with E-state index in [4.69, 9.17) is 14.2 Å². The van der Waals surface area contributed by atoms with Gasteiger partial charge in [-0.05, 0) is 83.5 Å². The van der Waals surface area contributed by atoms with E-state index in [1.165, 1.54) is 135 Å². The van der Waals surface area contributed by atoms with E-state index in [0.717, 1.165) is 96.3 Å². The molecule has 386 valence electrons. The fourth-order valence-corrected chi connectivity index (χ4v) is 7.94. The summed E-state index contributed by atoms with van der Waals surface area (Å²) >= 11 is 0. The number of rotatable bonds is 51. The molecule has 0 aromatic heterocycles. The van der Waals surface area contributed by atoms with Crippen molar-refractivity contribution < 1.29 is 28.6 Å². The lowest BCUT2D eigenvalue weighted by Crippen LogP contribution is -2.30. The average Bonchev–Trinajstić information content (AvgIpc) is 3.33. The Morgan fingerprint density at radius 3 is 0.970 bits per heavy atom. The van der Waals surface area contributed by atoms with Gasteiger partial charge in [-0.15, -0.1) is 0 Å². The minimum absolute atomic E-state index is 0.0982. The van der Waals surface area contributed by atoms with Crippen molar-refractivity contribution in [3.8, 4) is 0 Å². The van der Waals surface area contributed by atoms with Gasteiger partial charge < -0.3 is 14.2 Å². The molecule has 0 amide bonds. The molecule has 0 aromatic carbocycles. The first-order valence-corrected chi connectivity index (χ1v) is 28.4. The van der Waals surface area contributed by atoms with Crippen molar-refractivity contribution in [3.63, 3.8) is 0 Å². The molecular formula is C61H106O6. The van der Waals surface area contributed by atoms with Crippen LogP contribution in [-0.4, -0.2) is 37.2 Å². The van der Waals surface area contributed by atoms with E-state index in [1.54, 1.807) is 0 Å². The largest absolute Gasteiger partial charge is 0.462 e. The van der Waals surface area contributed by atoms with Crippen LogP contribution in [0.2, 0.25) is 0 Å². The van der Waals surface area contributed by atoms with Gasteiger partial charge in [0.1, 0.15) is 13.2 Å². The van der Waals surface area contributed by atoms with Crippen molar-refractivity contribution in [1.82, 2.24) is 0 Å². The van der Waals surface area contributed by atoms with Crippen LogP contribution in [0.15, 0.2) is 72.9 Å². The van der Waals surface area contributed by atoms with Crippen molar-refractivity contribution in [3.05, 3.63) is 72.9 Å². The first-order chi connectivity index (χ1) is 33.0. The van der Waals surface area contributed by atoms with Gasteiger partial charge in [-0.3, -0.25) is 14.4 Å². The first kappa shape index (κ1) is 63.8. The fourth-order valence-electron chi connectivity index (χ4n) is 7.94. The normalized spacial score (nSPS) is 12.6. The topological polar surface area (TPSA) is 78.9 Å². The second-order valence-electron chi connectivity index (χ2n) is 18.8. The second-order valence-corrected chi connectivity index (χ2v) is 18.8. The smallest absolute Gasteiger partial charge is 0.306 e. The molecule has 6 nitrogen and oxygen atoms in total. The molecule has 0 saturated carbocycles. The van der Waals surface area contributed by atoms with Gasteiger partial charge in [-0.25, -0.2) is 0 Å². The molecule has 0 heterocycles. The highest BCUT2D eigenvalue weighted by Crippen LogP contribution is 2.16. The number of hydrogen-bond acceptors (Lipinski definition) is 6. The molecule has 0 N–H and O–H groups in total. The summed E-state index contributed by atoms with van der Waals surface area (Å²) in [6.07, 6.45) is 70.4. The van der Waals surface area contributed by atoms with E-state index >= 15 is 0 Å². The Balaban J connectivity index is 4.46. The summed E-state index contributed by atoms with van der Waals surface area (Å²) < 4.78 is 16.8. The molecule has 0 rings (SSSR count). The van der Waals surface area contributed by atoms with E-state index < -0.39 is 6.10 Å². The van der Waals surface area contributed by atoms with Crippen molar-refractivity contribution in [2.24, 2.45) is 0 Å². The average molecular weight is 936 g/mol. The lowest BCUT2D eigenvalue weighted by Gasteiger charge is -2.18. The molecule has 0 aliphatic rings. The third-order valence-corrected chi connectivity index (χ3v) is 12.2. The molecule has 0 saturated heterocycles. The molecule has 0 spiro atoms. The van der Waals surface area contributed by atoms with Gasteiger partial charge in [0.25, 0.3) is 0 Å².